The van der Waals surface area contributed by atoms with Crippen LogP contribution in [0.1, 0.15) is 18.4 Å². The van der Waals surface area contributed by atoms with Crippen LogP contribution in [0.15, 0.2) is 36.7 Å². The molecule has 1 fully saturated rings. The van der Waals surface area contributed by atoms with Gasteiger partial charge in [-0.2, -0.15) is 0 Å². The van der Waals surface area contributed by atoms with Gasteiger partial charge >= 0.3 is 0 Å². The highest BCUT2D eigenvalue weighted by atomic mass is 16.5. The summed E-state index contributed by atoms with van der Waals surface area (Å²) < 4.78 is 5.47. The molecule has 0 saturated carbocycles. The van der Waals surface area contributed by atoms with Gasteiger partial charge in [-0.25, -0.2) is 9.97 Å². The van der Waals surface area contributed by atoms with Gasteiger partial charge in [0.15, 0.2) is 0 Å². The lowest BCUT2D eigenvalue weighted by molar-refractivity contribution is 0.0889. The predicted molar refractivity (Wildman–Crippen MR) is 92.5 cm³/mol. The number of methoxy groups -OCH3 is 1. The molecule has 1 aliphatic heterocycles. The molecular weight excluding hydrogens is 288 g/mol. The van der Waals surface area contributed by atoms with E-state index in [-0.39, 0.29) is 6.10 Å². The number of ether oxygens (including phenoxy) is 1. The van der Waals surface area contributed by atoms with Gasteiger partial charge in [0.05, 0.1) is 6.10 Å². The Hall–Kier alpha value is -1.98. The van der Waals surface area contributed by atoms with Gasteiger partial charge in [0, 0.05) is 44.7 Å². The molecule has 1 aliphatic rings. The molecule has 0 bridgehead atoms. The van der Waals surface area contributed by atoms with Crippen LogP contribution < -0.4 is 10.2 Å². The molecule has 1 unspecified atom stereocenters. The molecule has 1 aromatic heterocycles. The Kier molecular flexibility index (Phi) is 5.20. The summed E-state index contributed by atoms with van der Waals surface area (Å²) in [5.41, 5.74) is 3.46. The number of nitrogens with zero attached hydrogens (tertiary/aromatic N) is 3. The first-order chi connectivity index (χ1) is 11.3. The van der Waals surface area contributed by atoms with E-state index in [0.717, 1.165) is 49.6 Å². The normalized spacial score (nSPS) is 18.2. The number of nitrogens with one attached hydrogen (secondary N) is 1. The van der Waals surface area contributed by atoms with Crippen molar-refractivity contribution < 1.29 is 4.74 Å². The highest BCUT2D eigenvalue weighted by molar-refractivity contribution is 5.63. The van der Waals surface area contributed by atoms with E-state index in [2.05, 4.69) is 44.5 Å². The molecule has 5 heteroatoms. The van der Waals surface area contributed by atoms with E-state index in [1.54, 1.807) is 7.11 Å². The minimum Gasteiger partial charge on any atom is -0.380 e. The molecular formula is C18H24N4O. The summed E-state index contributed by atoms with van der Waals surface area (Å²) >= 11 is 0. The first-order valence-corrected chi connectivity index (χ1v) is 8.14. The summed E-state index contributed by atoms with van der Waals surface area (Å²) in [4.78, 5) is 11.3. The van der Waals surface area contributed by atoms with Gasteiger partial charge in [-0.05, 0) is 37.1 Å². The summed E-state index contributed by atoms with van der Waals surface area (Å²) in [6.07, 6.45) is 6.35. The van der Waals surface area contributed by atoms with Crippen LogP contribution in [-0.2, 0) is 11.3 Å². The lowest BCUT2D eigenvalue weighted by Gasteiger charge is -2.31. The van der Waals surface area contributed by atoms with E-state index in [4.69, 9.17) is 4.74 Å². The summed E-state index contributed by atoms with van der Waals surface area (Å²) in [5.74, 6) is 0.793. The van der Waals surface area contributed by atoms with Gasteiger partial charge < -0.3 is 15.0 Å². The molecule has 2 heterocycles. The molecule has 0 radical (unpaired) electrons. The van der Waals surface area contributed by atoms with Gasteiger partial charge in [-0.3, -0.25) is 0 Å². The second-order valence-corrected chi connectivity index (χ2v) is 5.95. The average Bonchev–Trinajstić information content (AvgIpc) is 2.62. The predicted octanol–water partition coefficient (Wildman–Crippen LogP) is 2.48. The third-order valence-electron chi connectivity index (χ3n) is 4.27. The van der Waals surface area contributed by atoms with Crippen molar-refractivity contribution in [2.45, 2.75) is 25.5 Å². The van der Waals surface area contributed by atoms with Crippen molar-refractivity contribution in [3.05, 3.63) is 42.2 Å². The van der Waals surface area contributed by atoms with Crippen LogP contribution >= 0.6 is 0 Å². The third-order valence-corrected chi connectivity index (χ3v) is 4.27. The van der Waals surface area contributed by atoms with E-state index in [1.165, 1.54) is 5.56 Å². The number of hydrogen-bond acceptors (Lipinski definition) is 5. The lowest BCUT2D eigenvalue weighted by Crippen LogP contribution is -2.40. The lowest BCUT2D eigenvalue weighted by atomic mass is 10.1. The number of rotatable bonds is 5. The Balaban J connectivity index is 1.75. The Morgan fingerprint density at radius 3 is 2.83 bits per heavy atom. The minimum atomic E-state index is 0.283. The van der Waals surface area contributed by atoms with E-state index < -0.39 is 0 Å². The Morgan fingerprint density at radius 1 is 1.26 bits per heavy atom. The summed E-state index contributed by atoms with van der Waals surface area (Å²) in [6.45, 7) is 2.73. The van der Waals surface area contributed by atoms with Gasteiger partial charge in [-0.15, -0.1) is 0 Å². The zero-order valence-electron chi connectivity index (χ0n) is 13.8. The Bertz CT molecular complexity index is 629. The van der Waals surface area contributed by atoms with Crippen LogP contribution in [0.4, 0.5) is 5.95 Å². The molecule has 1 atom stereocenters. The third kappa shape index (κ3) is 3.86. The van der Waals surface area contributed by atoms with Crippen molar-refractivity contribution >= 4 is 5.95 Å². The van der Waals surface area contributed by atoms with Crippen molar-refractivity contribution in [3.8, 4) is 11.1 Å². The summed E-state index contributed by atoms with van der Waals surface area (Å²) in [6, 6.07) is 8.47. The number of aromatic nitrogens is 2. The van der Waals surface area contributed by atoms with Crippen molar-refractivity contribution in [3.63, 3.8) is 0 Å². The van der Waals surface area contributed by atoms with Crippen molar-refractivity contribution in [1.82, 2.24) is 15.3 Å². The van der Waals surface area contributed by atoms with E-state index >= 15 is 0 Å². The van der Waals surface area contributed by atoms with E-state index in [0.29, 0.717) is 0 Å². The van der Waals surface area contributed by atoms with Crippen molar-refractivity contribution in [2.75, 3.05) is 32.1 Å². The fourth-order valence-electron chi connectivity index (χ4n) is 3.01. The number of piperidine rings is 1. The number of benzene rings is 1. The second-order valence-electron chi connectivity index (χ2n) is 5.95. The first kappa shape index (κ1) is 15.9. The largest absolute Gasteiger partial charge is 0.380 e. The summed E-state index contributed by atoms with van der Waals surface area (Å²) in [5, 5.41) is 3.17. The first-order valence-electron chi connectivity index (χ1n) is 8.14. The minimum absolute atomic E-state index is 0.283. The monoisotopic (exact) mass is 312 g/mol. The van der Waals surface area contributed by atoms with Crippen LogP contribution in [-0.4, -0.2) is 43.3 Å². The zero-order chi connectivity index (χ0) is 16.1. The quantitative estimate of drug-likeness (QED) is 0.919. The smallest absolute Gasteiger partial charge is 0.225 e. The highest BCUT2D eigenvalue weighted by Crippen LogP contribution is 2.22. The molecule has 2 aromatic rings. The van der Waals surface area contributed by atoms with Crippen LogP contribution in [0, 0.1) is 0 Å². The van der Waals surface area contributed by atoms with Crippen LogP contribution in [0.25, 0.3) is 11.1 Å². The van der Waals surface area contributed by atoms with Gasteiger partial charge in [-0.1, -0.05) is 18.2 Å². The molecule has 5 nitrogen and oxygen atoms in total. The van der Waals surface area contributed by atoms with Gasteiger partial charge in [0.2, 0.25) is 5.95 Å². The molecule has 0 spiro atoms. The fourth-order valence-corrected chi connectivity index (χ4v) is 3.01. The molecule has 23 heavy (non-hydrogen) atoms. The van der Waals surface area contributed by atoms with Crippen LogP contribution in [0.2, 0.25) is 0 Å². The number of anilines is 1. The van der Waals surface area contributed by atoms with Gasteiger partial charge in [0.25, 0.3) is 0 Å². The van der Waals surface area contributed by atoms with Crippen LogP contribution in [0.5, 0.6) is 0 Å². The van der Waals surface area contributed by atoms with E-state index in [9.17, 15) is 0 Å². The molecule has 1 N–H and O–H groups in total. The molecule has 0 amide bonds. The molecule has 3 rings (SSSR count). The second kappa shape index (κ2) is 7.53. The highest BCUT2D eigenvalue weighted by Gasteiger charge is 2.21. The molecule has 1 saturated heterocycles. The Labute approximate surface area is 137 Å². The number of hydrogen-bond donors (Lipinski definition) is 1. The topological polar surface area (TPSA) is 50.3 Å². The summed E-state index contributed by atoms with van der Waals surface area (Å²) in [7, 11) is 3.73. The van der Waals surface area contributed by atoms with E-state index in [1.807, 2.05) is 19.4 Å². The van der Waals surface area contributed by atoms with Crippen molar-refractivity contribution in [2.24, 2.45) is 0 Å². The Morgan fingerprint density at radius 2 is 2.09 bits per heavy atom. The van der Waals surface area contributed by atoms with Crippen LogP contribution in [0.3, 0.4) is 0 Å². The molecule has 0 aliphatic carbocycles. The zero-order valence-corrected chi connectivity index (χ0v) is 13.8. The maximum absolute atomic E-state index is 5.47. The average molecular weight is 312 g/mol. The maximum atomic E-state index is 5.47. The fraction of sp³-hybridized carbons (Fsp3) is 0.444. The van der Waals surface area contributed by atoms with Gasteiger partial charge in [0.1, 0.15) is 0 Å². The molecule has 1 aromatic carbocycles. The standard InChI is InChI=1S/C18H24N4O/c1-19-10-14-5-3-6-15(9-14)16-11-20-18(21-12-16)22-8-4-7-17(13-22)23-2/h3,5-6,9,11-12,17,19H,4,7-8,10,13H2,1-2H3. The molecule has 122 valence electrons. The van der Waals surface area contributed by atoms with Crippen molar-refractivity contribution in [1.29, 1.82) is 0 Å². The maximum Gasteiger partial charge on any atom is 0.225 e. The SMILES string of the molecule is CNCc1cccc(-c2cnc(N3CCCC(OC)C3)nc2)c1.